The number of carbonyl (C=O) groups is 1. The Morgan fingerprint density at radius 3 is 2.56 bits per heavy atom. The summed E-state index contributed by atoms with van der Waals surface area (Å²) in [6.07, 6.45) is 2.40. The van der Waals surface area contributed by atoms with Gasteiger partial charge in [0.25, 0.3) is 0 Å². The Labute approximate surface area is 150 Å². The third kappa shape index (κ3) is 4.35. The van der Waals surface area contributed by atoms with Crippen LogP contribution in [0.2, 0.25) is 0 Å². The lowest BCUT2D eigenvalue weighted by Gasteiger charge is -2.52. The quantitative estimate of drug-likeness (QED) is 0.682. The minimum Gasteiger partial charge on any atom is -0.381 e. The monoisotopic (exact) mass is 374 g/mol. The third-order valence-corrected chi connectivity index (χ3v) is 7.95. The molecular formula is C17H30N2O5S. The van der Waals surface area contributed by atoms with E-state index in [1.54, 1.807) is 4.90 Å². The standard InChI is InChI=1S/C17H30N2O5S/c1-3-18(2)9-15-10-24-17(13-25(15,21)22)11-19(12-17)16(20)8-14-4-6-23-7-5-14/h14-15H,3-13H2,1-2H3/t15-/m0/s1. The van der Waals surface area contributed by atoms with E-state index >= 15 is 0 Å². The summed E-state index contributed by atoms with van der Waals surface area (Å²) in [6.45, 7) is 5.83. The number of rotatable bonds is 5. The second kappa shape index (κ2) is 7.50. The van der Waals surface area contributed by atoms with Crippen LogP contribution in [0.1, 0.15) is 26.2 Å². The number of sulfone groups is 1. The number of carbonyl (C=O) groups excluding carboxylic acids is 1. The molecule has 3 heterocycles. The molecule has 0 aromatic carbocycles. The summed E-state index contributed by atoms with van der Waals surface area (Å²) >= 11 is 0. The summed E-state index contributed by atoms with van der Waals surface area (Å²) < 4.78 is 36.5. The predicted molar refractivity (Wildman–Crippen MR) is 94.2 cm³/mol. The molecule has 0 N–H and O–H groups in total. The first-order chi connectivity index (χ1) is 11.8. The SMILES string of the molecule is CCN(C)C[C@H]1COC2(CN(C(=O)CC3CCOCC3)C2)CS1(=O)=O. The van der Waals surface area contributed by atoms with E-state index in [1.807, 2.05) is 18.9 Å². The predicted octanol–water partition coefficient (Wildman–Crippen LogP) is 0.149. The van der Waals surface area contributed by atoms with Crippen molar-refractivity contribution in [2.45, 2.75) is 37.0 Å². The maximum atomic E-state index is 12.6. The van der Waals surface area contributed by atoms with Crippen LogP contribution in [0.25, 0.3) is 0 Å². The van der Waals surface area contributed by atoms with Crippen molar-refractivity contribution in [3.63, 3.8) is 0 Å². The molecule has 3 saturated heterocycles. The smallest absolute Gasteiger partial charge is 0.223 e. The average Bonchev–Trinajstić information content (AvgIpc) is 2.55. The van der Waals surface area contributed by atoms with Gasteiger partial charge in [-0.05, 0) is 32.4 Å². The number of hydrogen-bond acceptors (Lipinski definition) is 6. The van der Waals surface area contributed by atoms with E-state index in [4.69, 9.17) is 9.47 Å². The number of hydrogen-bond donors (Lipinski definition) is 0. The zero-order valence-electron chi connectivity index (χ0n) is 15.3. The molecular weight excluding hydrogens is 344 g/mol. The summed E-state index contributed by atoms with van der Waals surface area (Å²) in [4.78, 5) is 16.2. The average molecular weight is 375 g/mol. The lowest BCUT2D eigenvalue weighted by atomic mass is 9.91. The molecule has 0 saturated carbocycles. The molecule has 0 bridgehead atoms. The summed E-state index contributed by atoms with van der Waals surface area (Å²) in [5.41, 5.74) is -0.675. The molecule has 0 aliphatic carbocycles. The van der Waals surface area contributed by atoms with Gasteiger partial charge in [0.15, 0.2) is 9.84 Å². The molecule has 0 aromatic rings. The largest absolute Gasteiger partial charge is 0.381 e. The van der Waals surface area contributed by atoms with Crippen molar-refractivity contribution in [3.8, 4) is 0 Å². The second-order valence-corrected chi connectivity index (χ2v) is 10.1. The van der Waals surface area contributed by atoms with Gasteiger partial charge < -0.3 is 19.3 Å². The first kappa shape index (κ1) is 19.1. The van der Waals surface area contributed by atoms with E-state index in [-0.39, 0.29) is 18.3 Å². The van der Waals surface area contributed by atoms with Gasteiger partial charge in [0.1, 0.15) is 5.60 Å². The molecule has 3 aliphatic heterocycles. The van der Waals surface area contributed by atoms with Gasteiger partial charge in [-0.2, -0.15) is 0 Å². The zero-order chi connectivity index (χ0) is 18.1. The van der Waals surface area contributed by atoms with E-state index < -0.39 is 20.7 Å². The van der Waals surface area contributed by atoms with Crippen LogP contribution in [-0.2, 0) is 24.1 Å². The van der Waals surface area contributed by atoms with E-state index in [2.05, 4.69) is 0 Å². The van der Waals surface area contributed by atoms with Gasteiger partial charge in [-0.1, -0.05) is 6.92 Å². The lowest BCUT2D eigenvalue weighted by Crippen LogP contribution is -2.71. The molecule has 0 unspecified atom stereocenters. The number of likely N-dealkylation sites (tertiary alicyclic amines) is 1. The van der Waals surface area contributed by atoms with Crippen LogP contribution < -0.4 is 0 Å². The molecule has 25 heavy (non-hydrogen) atoms. The van der Waals surface area contributed by atoms with Crippen molar-refractivity contribution in [2.24, 2.45) is 5.92 Å². The second-order valence-electron chi connectivity index (χ2n) is 7.79. The van der Waals surface area contributed by atoms with Crippen LogP contribution >= 0.6 is 0 Å². The number of nitrogens with zero attached hydrogens (tertiary/aromatic N) is 2. The van der Waals surface area contributed by atoms with Crippen molar-refractivity contribution >= 4 is 15.7 Å². The summed E-state index contributed by atoms with van der Waals surface area (Å²) in [6, 6.07) is 0. The summed E-state index contributed by atoms with van der Waals surface area (Å²) in [7, 11) is -1.28. The Kier molecular flexibility index (Phi) is 5.72. The maximum absolute atomic E-state index is 12.6. The Hall–Kier alpha value is -0.700. The van der Waals surface area contributed by atoms with Crippen LogP contribution in [0.5, 0.6) is 0 Å². The van der Waals surface area contributed by atoms with Gasteiger partial charge in [0.2, 0.25) is 5.91 Å². The molecule has 144 valence electrons. The van der Waals surface area contributed by atoms with Crippen LogP contribution in [0.3, 0.4) is 0 Å². The van der Waals surface area contributed by atoms with Crippen LogP contribution in [-0.4, -0.2) is 93.8 Å². The van der Waals surface area contributed by atoms with Crippen LogP contribution in [0, 0.1) is 5.92 Å². The van der Waals surface area contributed by atoms with Crippen LogP contribution in [0.15, 0.2) is 0 Å². The normalized spacial score (nSPS) is 28.9. The first-order valence-electron chi connectivity index (χ1n) is 9.23. The van der Waals surface area contributed by atoms with Gasteiger partial charge in [-0.25, -0.2) is 8.42 Å². The fraction of sp³-hybridized carbons (Fsp3) is 0.941. The number of amides is 1. The van der Waals surface area contributed by atoms with E-state index in [9.17, 15) is 13.2 Å². The van der Waals surface area contributed by atoms with Crippen LogP contribution in [0.4, 0.5) is 0 Å². The number of ether oxygens (including phenoxy) is 2. The van der Waals surface area contributed by atoms with E-state index in [0.29, 0.717) is 32.0 Å². The van der Waals surface area contributed by atoms with Crippen molar-refractivity contribution in [1.29, 1.82) is 0 Å². The molecule has 1 atom stereocenters. The van der Waals surface area contributed by atoms with Gasteiger partial charge in [0.05, 0.1) is 30.7 Å². The molecule has 7 nitrogen and oxygen atoms in total. The van der Waals surface area contributed by atoms with Gasteiger partial charge in [0, 0.05) is 26.2 Å². The summed E-state index contributed by atoms with van der Waals surface area (Å²) in [5.74, 6) is 0.539. The lowest BCUT2D eigenvalue weighted by molar-refractivity contribution is -0.166. The summed E-state index contributed by atoms with van der Waals surface area (Å²) in [5, 5.41) is -0.463. The van der Waals surface area contributed by atoms with Crippen molar-refractivity contribution in [2.75, 3.05) is 58.8 Å². The van der Waals surface area contributed by atoms with Gasteiger partial charge >= 0.3 is 0 Å². The molecule has 3 rings (SSSR count). The molecule has 3 aliphatic rings. The zero-order valence-corrected chi connectivity index (χ0v) is 16.1. The molecule has 0 radical (unpaired) electrons. The fourth-order valence-corrected chi connectivity index (χ4v) is 5.87. The maximum Gasteiger partial charge on any atom is 0.223 e. The molecule has 8 heteroatoms. The molecule has 3 fully saturated rings. The van der Waals surface area contributed by atoms with E-state index in [1.165, 1.54) is 0 Å². The topological polar surface area (TPSA) is 76.2 Å². The highest BCUT2D eigenvalue weighted by atomic mass is 32.2. The van der Waals surface area contributed by atoms with Crippen molar-refractivity contribution in [3.05, 3.63) is 0 Å². The van der Waals surface area contributed by atoms with Crippen molar-refractivity contribution in [1.82, 2.24) is 9.80 Å². The van der Waals surface area contributed by atoms with Gasteiger partial charge in [-0.15, -0.1) is 0 Å². The highest BCUT2D eigenvalue weighted by Gasteiger charge is 2.53. The molecule has 1 spiro atoms. The molecule has 0 aromatic heterocycles. The molecule has 1 amide bonds. The van der Waals surface area contributed by atoms with Gasteiger partial charge in [-0.3, -0.25) is 4.79 Å². The highest BCUT2D eigenvalue weighted by Crippen LogP contribution is 2.34. The Bertz CT molecular complexity index is 582. The van der Waals surface area contributed by atoms with Crippen molar-refractivity contribution < 1.29 is 22.7 Å². The minimum absolute atomic E-state index is 0.0310. The Morgan fingerprint density at radius 1 is 1.28 bits per heavy atom. The Balaban J connectivity index is 1.50. The van der Waals surface area contributed by atoms with E-state index in [0.717, 1.165) is 32.6 Å². The highest BCUT2D eigenvalue weighted by molar-refractivity contribution is 7.92. The fourth-order valence-electron chi connectivity index (χ4n) is 3.88. The minimum atomic E-state index is -3.19. The Morgan fingerprint density at radius 2 is 1.96 bits per heavy atom. The third-order valence-electron chi connectivity index (χ3n) is 5.72. The first-order valence-corrected chi connectivity index (χ1v) is 10.9.